The standard InChI is InChI=1S/C17H21NO/c1-2-16-15(9-10-19-16)17(18)14-8-7-12-5-3-4-6-13(12)11-14/h7-11,17H,2-6,18H2,1H3. The first-order valence-corrected chi connectivity index (χ1v) is 7.23. The summed E-state index contributed by atoms with van der Waals surface area (Å²) in [6.07, 6.45) is 7.67. The van der Waals surface area contributed by atoms with Crippen molar-refractivity contribution < 1.29 is 4.42 Å². The lowest BCUT2D eigenvalue weighted by atomic mass is 9.88. The van der Waals surface area contributed by atoms with Crippen LogP contribution in [0.25, 0.3) is 0 Å². The molecule has 0 bridgehead atoms. The summed E-state index contributed by atoms with van der Waals surface area (Å²) >= 11 is 0. The van der Waals surface area contributed by atoms with E-state index in [0.717, 1.165) is 17.7 Å². The van der Waals surface area contributed by atoms with Gasteiger partial charge in [-0.2, -0.15) is 0 Å². The summed E-state index contributed by atoms with van der Waals surface area (Å²) in [7, 11) is 0. The van der Waals surface area contributed by atoms with Crippen molar-refractivity contribution in [1.82, 2.24) is 0 Å². The molecular weight excluding hydrogens is 234 g/mol. The van der Waals surface area contributed by atoms with Crippen LogP contribution >= 0.6 is 0 Å². The monoisotopic (exact) mass is 255 g/mol. The van der Waals surface area contributed by atoms with Crippen LogP contribution in [0.5, 0.6) is 0 Å². The lowest BCUT2D eigenvalue weighted by Crippen LogP contribution is -2.14. The van der Waals surface area contributed by atoms with Crippen molar-refractivity contribution in [2.75, 3.05) is 0 Å². The molecule has 1 unspecified atom stereocenters. The fraction of sp³-hybridized carbons (Fsp3) is 0.412. The highest BCUT2D eigenvalue weighted by atomic mass is 16.3. The Morgan fingerprint density at radius 2 is 1.95 bits per heavy atom. The van der Waals surface area contributed by atoms with E-state index in [2.05, 4.69) is 25.1 Å². The SMILES string of the molecule is CCc1occc1C(N)c1ccc2c(c1)CCCC2. The van der Waals surface area contributed by atoms with Gasteiger partial charge in [0.2, 0.25) is 0 Å². The maximum atomic E-state index is 6.41. The van der Waals surface area contributed by atoms with Gasteiger partial charge in [0, 0.05) is 12.0 Å². The van der Waals surface area contributed by atoms with Gasteiger partial charge in [-0.05, 0) is 48.4 Å². The average Bonchev–Trinajstić information content (AvgIpc) is 2.94. The van der Waals surface area contributed by atoms with Gasteiger partial charge in [0.05, 0.1) is 12.3 Å². The Morgan fingerprint density at radius 3 is 2.74 bits per heavy atom. The Morgan fingerprint density at radius 1 is 1.16 bits per heavy atom. The van der Waals surface area contributed by atoms with Gasteiger partial charge in [-0.1, -0.05) is 25.1 Å². The van der Waals surface area contributed by atoms with Crippen molar-refractivity contribution in [3.8, 4) is 0 Å². The van der Waals surface area contributed by atoms with Gasteiger partial charge in [0.15, 0.2) is 0 Å². The molecule has 2 aromatic rings. The van der Waals surface area contributed by atoms with E-state index in [4.69, 9.17) is 10.2 Å². The van der Waals surface area contributed by atoms with Crippen LogP contribution in [0.1, 0.15) is 53.8 Å². The molecule has 2 heteroatoms. The van der Waals surface area contributed by atoms with Crippen molar-refractivity contribution in [2.24, 2.45) is 5.73 Å². The molecule has 1 aromatic heterocycles. The number of nitrogens with two attached hydrogens (primary N) is 1. The molecule has 0 radical (unpaired) electrons. The Bertz CT molecular complexity index is 570. The lowest BCUT2D eigenvalue weighted by Gasteiger charge is -2.19. The molecule has 2 nitrogen and oxygen atoms in total. The molecule has 3 rings (SSSR count). The van der Waals surface area contributed by atoms with Crippen LogP contribution in [0, 0.1) is 0 Å². The topological polar surface area (TPSA) is 39.2 Å². The summed E-state index contributed by atoms with van der Waals surface area (Å²) in [6, 6.07) is 8.67. The Kier molecular flexibility index (Phi) is 3.43. The highest BCUT2D eigenvalue weighted by molar-refractivity contribution is 5.39. The number of hydrogen-bond donors (Lipinski definition) is 1. The van der Waals surface area contributed by atoms with E-state index >= 15 is 0 Å². The fourth-order valence-corrected chi connectivity index (χ4v) is 3.04. The highest BCUT2D eigenvalue weighted by Gasteiger charge is 2.17. The zero-order valence-corrected chi connectivity index (χ0v) is 11.5. The molecule has 1 aliphatic carbocycles. The second-order valence-electron chi connectivity index (χ2n) is 5.37. The van der Waals surface area contributed by atoms with Crippen LogP contribution in [-0.4, -0.2) is 0 Å². The number of hydrogen-bond acceptors (Lipinski definition) is 2. The van der Waals surface area contributed by atoms with Gasteiger partial charge in [-0.25, -0.2) is 0 Å². The van der Waals surface area contributed by atoms with Crippen LogP contribution < -0.4 is 5.73 Å². The first kappa shape index (κ1) is 12.5. The minimum atomic E-state index is -0.0686. The molecule has 2 N–H and O–H groups in total. The predicted octanol–water partition coefficient (Wildman–Crippen LogP) is 3.77. The molecule has 0 amide bonds. The largest absolute Gasteiger partial charge is 0.469 e. The van der Waals surface area contributed by atoms with E-state index in [9.17, 15) is 0 Å². The second-order valence-corrected chi connectivity index (χ2v) is 5.37. The van der Waals surface area contributed by atoms with Gasteiger partial charge >= 0.3 is 0 Å². The summed E-state index contributed by atoms with van der Waals surface area (Å²) in [5, 5.41) is 0. The van der Waals surface area contributed by atoms with Crippen LogP contribution in [-0.2, 0) is 19.3 Å². The summed E-state index contributed by atoms with van der Waals surface area (Å²) in [4.78, 5) is 0. The van der Waals surface area contributed by atoms with E-state index in [0.29, 0.717) is 0 Å². The number of rotatable bonds is 3. The van der Waals surface area contributed by atoms with Crippen LogP contribution in [0.4, 0.5) is 0 Å². The zero-order valence-electron chi connectivity index (χ0n) is 11.5. The highest BCUT2D eigenvalue weighted by Crippen LogP contribution is 2.28. The van der Waals surface area contributed by atoms with Gasteiger partial charge in [-0.15, -0.1) is 0 Å². The third-order valence-corrected chi connectivity index (χ3v) is 4.17. The Labute approximate surface area is 114 Å². The molecule has 1 atom stereocenters. The van der Waals surface area contributed by atoms with E-state index < -0.39 is 0 Å². The molecule has 1 heterocycles. The summed E-state index contributed by atoms with van der Waals surface area (Å²) in [5.41, 5.74) is 11.7. The van der Waals surface area contributed by atoms with Gasteiger partial charge in [0.25, 0.3) is 0 Å². The van der Waals surface area contributed by atoms with Crippen molar-refractivity contribution in [3.63, 3.8) is 0 Å². The number of benzene rings is 1. The molecular formula is C17H21NO. The number of furan rings is 1. The van der Waals surface area contributed by atoms with Gasteiger partial charge in [0.1, 0.15) is 5.76 Å². The number of aryl methyl sites for hydroxylation is 3. The minimum absolute atomic E-state index is 0.0686. The summed E-state index contributed by atoms with van der Waals surface area (Å²) in [6.45, 7) is 2.10. The maximum absolute atomic E-state index is 6.41. The maximum Gasteiger partial charge on any atom is 0.108 e. The summed E-state index contributed by atoms with van der Waals surface area (Å²) < 4.78 is 5.49. The molecule has 0 aliphatic heterocycles. The second kappa shape index (κ2) is 5.22. The van der Waals surface area contributed by atoms with Gasteiger partial charge in [-0.3, -0.25) is 0 Å². The molecule has 100 valence electrons. The minimum Gasteiger partial charge on any atom is -0.469 e. The lowest BCUT2D eigenvalue weighted by molar-refractivity contribution is 0.509. The third kappa shape index (κ3) is 2.33. The van der Waals surface area contributed by atoms with E-state index in [1.165, 1.54) is 42.4 Å². The third-order valence-electron chi connectivity index (χ3n) is 4.17. The van der Waals surface area contributed by atoms with E-state index in [-0.39, 0.29) is 6.04 Å². The van der Waals surface area contributed by atoms with Crippen LogP contribution in [0.2, 0.25) is 0 Å². The quantitative estimate of drug-likeness (QED) is 0.906. The molecule has 1 aromatic carbocycles. The predicted molar refractivity (Wildman–Crippen MR) is 77.2 cm³/mol. The van der Waals surface area contributed by atoms with Crippen molar-refractivity contribution in [1.29, 1.82) is 0 Å². The van der Waals surface area contributed by atoms with Crippen molar-refractivity contribution in [3.05, 3.63) is 58.5 Å². The molecule has 1 aliphatic rings. The Hall–Kier alpha value is -1.54. The molecule has 0 spiro atoms. The van der Waals surface area contributed by atoms with E-state index in [1.54, 1.807) is 6.26 Å². The van der Waals surface area contributed by atoms with Crippen LogP contribution in [0.3, 0.4) is 0 Å². The van der Waals surface area contributed by atoms with Crippen molar-refractivity contribution in [2.45, 2.75) is 45.1 Å². The molecule has 19 heavy (non-hydrogen) atoms. The average molecular weight is 255 g/mol. The van der Waals surface area contributed by atoms with Crippen LogP contribution in [0.15, 0.2) is 34.9 Å². The van der Waals surface area contributed by atoms with E-state index in [1.807, 2.05) is 6.07 Å². The first-order chi connectivity index (χ1) is 9.29. The van der Waals surface area contributed by atoms with Crippen molar-refractivity contribution >= 4 is 0 Å². The summed E-state index contributed by atoms with van der Waals surface area (Å²) in [5.74, 6) is 1.00. The number of fused-ring (bicyclic) bond motifs is 1. The molecule has 0 fully saturated rings. The fourth-order valence-electron chi connectivity index (χ4n) is 3.04. The first-order valence-electron chi connectivity index (χ1n) is 7.23. The smallest absolute Gasteiger partial charge is 0.108 e. The molecule has 0 saturated heterocycles. The zero-order chi connectivity index (χ0) is 13.2. The van der Waals surface area contributed by atoms with Gasteiger partial charge < -0.3 is 10.2 Å². The molecule has 0 saturated carbocycles. The normalized spacial score (nSPS) is 16.1. The Balaban J connectivity index is 1.93.